The van der Waals surface area contributed by atoms with Crippen molar-refractivity contribution in [2.24, 2.45) is 5.41 Å². The van der Waals surface area contributed by atoms with Crippen molar-refractivity contribution >= 4 is 16.3 Å². The first-order valence-electron chi connectivity index (χ1n) is 5.14. The van der Waals surface area contributed by atoms with Crippen LogP contribution in [0.5, 0.6) is 0 Å². The average molecular weight is 217 g/mol. The van der Waals surface area contributed by atoms with Crippen LogP contribution in [-0.2, 0) is 6.42 Å². The number of fused-ring (bicyclic) bond motifs is 1. The summed E-state index contributed by atoms with van der Waals surface area (Å²) in [6.07, 6.45) is 8.14. The van der Waals surface area contributed by atoms with E-state index in [1.54, 1.807) is 11.3 Å². The minimum absolute atomic E-state index is 0.107. The van der Waals surface area contributed by atoms with Crippen LogP contribution in [0.1, 0.15) is 25.0 Å². The van der Waals surface area contributed by atoms with Crippen LogP contribution in [-0.4, -0.2) is 9.38 Å². The molecule has 2 aromatic rings. The molecule has 1 fully saturated rings. The van der Waals surface area contributed by atoms with Crippen LogP contribution < -0.4 is 0 Å². The molecule has 1 saturated carbocycles. The maximum absolute atomic E-state index is 9.14. The topological polar surface area (TPSA) is 41.1 Å². The summed E-state index contributed by atoms with van der Waals surface area (Å²) in [5, 5.41) is 11.2. The van der Waals surface area contributed by atoms with Gasteiger partial charge in [-0.15, -0.1) is 11.3 Å². The molecule has 1 aliphatic carbocycles. The first-order chi connectivity index (χ1) is 7.31. The summed E-state index contributed by atoms with van der Waals surface area (Å²) >= 11 is 1.64. The third kappa shape index (κ3) is 1.35. The Kier molecular flexibility index (Phi) is 1.83. The monoisotopic (exact) mass is 217 g/mol. The van der Waals surface area contributed by atoms with Crippen molar-refractivity contribution < 1.29 is 0 Å². The van der Waals surface area contributed by atoms with E-state index in [0.29, 0.717) is 0 Å². The van der Waals surface area contributed by atoms with Gasteiger partial charge in [0.1, 0.15) is 0 Å². The van der Waals surface area contributed by atoms with Crippen LogP contribution >= 0.6 is 11.3 Å². The zero-order chi connectivity index (χ0) is 10.3. The molecule has 0 aromatic carbocycles. The fraction of sp³-hybridized carbons (Fsp3) is 0.455. The Balaban J connectivity index is 1.89. The molecule has 0 atom stereocenters. The lowest BCUT2D eigenvalue weighted by atomic mass is 9.67. The Labute approximate surface area is 92.0 Å². The second kappa shape index (κ2) is 3.07. The number of thiazole rings is 1. The number of aromatic nitrogens is 2. The number of hydrogen-bond acceptors (Lipinski definition) is 3. The molecular weight excluding hydrogens is 206 g/mol. The molecular formula is C11H11N3S. The summed E-state index contributed by atoms with van der Waals surface area (Å²) in [6, 6.07) is 2.45. The fourth-order valence-corrected chi connectivity index (χ4v) is 2.86. The van der Waals surface area contributed by atoms with Crippen LogP contribution in [0, 0.1) is 16.7 Å². The maximum Gasteiger partial charge on any atom is 0.193 e. The van der Waals surface area contributed by atoms with Crippen molar-refractivity contribution in [2.75, 3.05) is 0 Å². The lowest BCUT2D eigenvalue weighted by Gasteiger charge is -2.34. The SMILES string of the molecule is N#CC1(Cc2cn3ccsc3n2)CCC1. The molecule has 0 N–H and O–H groups in total. The molecule has 2 heterocycles. The Morgan fingerprint density at radius 2 is 2.47 bits per heavy atom. The van der Waals surface area contributed by atoms with Crippen molar-refractivity contribution in [1.82, 2.24) is 9.38 Å². The minimum Gasteiger partial charge on any atom is -0.297 e. The summed E-state index contributed by atoms with van der Waals surface area (Å²) in [4.78, 5) is 5.54. The van der Waals surface area contributed by atoms with E-state index in [4.69, 9.17) is 5.26 Å². The van der Waals surface area contributed by atoms with Gasteiger partial charge in [-0.1, -0.05) is 6.42 Å². The fourth-order valence-electron chi connectivity index (χ4n) is 2.14. The molecule has 15 heavy (non-hydrogen) atoms. The molecule has 3 rings (SSSR count). The molecule has 0 amide bonds. The zero-order valence-corrected chi connectivity index (χ0v) is 9.13. The average Bonchev–Trinajstić information content (AvgIpc) is 2.70. The minimum atomic E-state index is -0.107. The molecule has 4 heteroatoms. The van der Waals surface area contributed by atoms with Crippen LogP contribution in [0.25, 0.3) is 4.96 Å². The Bertz CT molecular complexity index is 499. The van der Waals surface area contributed by atoms with Crippen LogP contribution in [0.3, 0.4) is 0 Å². The summed E-state index contributed by atoms with van der Waals surface area (Å²) in [6.45, 7) is 0. The van der Waals surface area contributed by atoms with E-state index < -0.39 is 0 Å². The van der Waals surface area contributed by atoms with E-state index in [9.17, 15) is 0 Å². The molecule has 0 spiro atoms. The second-order valence-electron chi connectivity index (χ2n) is 4.25. The van der Waals surface area contributed by atoms with E-state index in [2.05, 4.69) is 11.1 Å². The largest absolute Gasteiger partial charge is 0.297 e. The summed E-state index contributed by atoms with van der Waals surface area (Å²) < 4.78 is 2.03. The lowest BCUT2D eigenvalue weighted by Crippen LogP contribution is -2.29. The summed E-state index contributed by atoms with van der Waals surface area (Å²) in [7, 11) is 0. The van der Waals surface area contributed by atoms with E-state index in [0.717, 1.165) is 29.9 Å². The smallest absolute Gasteiger partial charge is 0.193 e. The van der Waals surface area contributed by atoms with Gasteiger partial charge < -0.3 is 0 Å². The molecule has 0 bridgehead atoms. The molecule has 2 aromatic heterocycles. The Hall–Kier alpha value is -1.34. The molecule has 76 valence electrons. The van der Waals surface area contributed by atoms with Gasteiger partial charge in [0.25, 0.3) is 0 Å². The third-order valence-corrected chi connectivity index (χ3v) is 3.98. The quantitative estimate of drug-likeness (QED) is 0.776. The van der Waals surface area contributed by atoms with Gasteiger partial charge in [-0.25, -0.2) is 4.98 Å². The van der Waals surface area contributed by atoms with Crippen molar-refractivity contribution in [3.8, 4) is 6.07 Å². The molecule has 0 aliphatic heterocycles. The van der Waals surface area contributed by atoms with E-state index in [-0.39, 0.29) is 5.41 Å². The zero-order valence-electron chi connectivity index (χ0n) is 8.31. The van der Waals surface area contributed by atoms with Gasteiger partial charge in [-0.05, 0) is 12.8 Å². The van der Waals surface area contributed by atoms with Gasteiger partial charge in [0, 0.05) is 24.2 Å². The second-order valence-corrected chi connectivity index (χ2v) is 5.12. The Morgan fingerprint density at radius 3 is 3.07 bits per heavy atom. The number of imidazole rings is 1. The van der Waals surface area contributed by atoms with Crippen LogP contribution in [0.2, 0.25) is 0 Å². The number of nitrogens with zero attached hydrogens (tertiary/aromatic N) is 3. The normalized spacial score (nSPS) is 18.6. The van der Waals surface area contributed by atoms with Gasteiger partial charge in [-0.3, -0.25) is 4.40 Å². The molecule has 0 unspecified atom stereocenters. The standard InChI is InChI=1S/C11H11N3S/c12-8-11(2-1-3-11)6-9-7-14-4-5-15-10(14)13-9/h4-5,7H,1-3,6H2. The predicted molar refractivity (Wildman–Crippen MR) is 58.7 cm³/mol. The summed E-state index contributed by atoms with van der Waals surface area (Å²) in [5.74, 6) is 0. The van der Waals surface area contributed by atoms with Crippen molar-refractivity contribution in [3.05, 3.63) is 23.5 Å². The highest BCUT2D eigenvalue weighted by atomic mass is 32.1. The molecule has 1 aliphatic rings. The first-order valence-corrected chi connectivity index (χ1v) is 6.02. The van der Waals surface area contributed by atoms with Gasteiger partial charge in [0.2, 0.25) is 0 Å². The van der Waals surface area contributed by atoms with Crippen molar-refractivity contribution in [2.45, 2.75) is 25.7 Å². The Morgan fingerprint density at radius 1 is 1.60 bits per heavy atom. The van der Waals surface area contributed by atoms with E-state index in [1.165, 1.54) is 6.42 Å². The highest BCUT2D eigenvalue weighted by Crippen LogP contribution is 2.42. The first kappa shape index (κ1) is 8.93. The number of hydrogen-bond donors (Lipinski definition) is 0. The molecule has 0 saturated heterocycles. The number of rotatable bonds is 2. The highest BCUT2D eigenvalue weighted by Gasteiger charge is 2.37. The summed E-state index contributed by atoms with van der Waals surface area (Å²) in [5.41, 5.74) is 0.951. The molecule has 0 radical (unpaired) electrons. The number of nitriles is 1. The lowest BCUT2D eigenvalue weighted by molar-refractivity contribution is 0.212. The van der Waals surface area contributed by atoms with Crippen LogP contribution in [0.4, 0.5) is 0 Å². The van der Waals surface area contributed by atoms with Crippen LogP contribution in [0.15, 0.2) is 17.8 Å². The van der Waals surface area contributed by atoms with Crippen molar-refractivity contribution in [1.29, 1.82) is 5.26 Å². The predicted octanol–water partition coefficient (Wildman–Crippen LogP) is 2.63. The van der Waals surface area contributed by atoms with Gasteiger partial charge in [0.15, 0.2) is 4.96 Å². The van der Waals surface area contributed by atoms with E-state index >= 15 is 0 Å². The van der Waals surface area contributed by atoms with Gasteiger partial charge >= 0.3 is 0 Å². The van der Waals surface area contributed by atoms with E-state index in [1.807, 2.05) is 22.2 Å². The third-order valence-electron chi connectivity index (χ3n) is 3.21. The maximum atomic E-state index is 9.14. The molecule has 3 nitrogen and oxygen atoms in total. The van der Waals surface area contributed by atoms with Gasteiger partial charge in [-0.2, -0.15) is 5.26 Å². The van der Waals surface area contributed by atoms with Gasteiger partial charge in [0.05, 0.1) is 17.2 Å². The highest BCUT2D eigenvalue weighted by molar-refractivity contribution is 7.15. The van der Waals surface area contributed by atoms with Crippen molar-refractivity contribution in [3.63, 3.8) is 0 Å².